The van der Waals surface area contributed by atoms with Crippen LogP contribution in [0.5, 0.6) is 11.5 Å². The van der Waals surface area contributed by atoms with E-state index < -0.39 is 5.95 Å². The van der Waals surface area contributed by atoms with Gasteiger partial charge in [0.05, 0.1) is 11.9 Å². The summed E-state index contributed by atoms with van der Waals surface area (Å²) in [4.78, 5) is 4.39. The zero-order valence-corrected chi connectivity index (χ0v) is 9.71. The molecule has 1 aliphatic heterocycles. The number of halogens is 1. The second kappa shape index (κ2) is 3.68. The molecule has 0 spiro atoms. The largest absolute Gasteiger partial charge is 0.454 e. The Morgan fingerprint density at radius 2 is 2.00 bits per heavy atom. The van der Waals surface area contributed by atoms with E-state index in [9.17, 15) is 4.39 Å². The molecule has 19 heavy (non-hydrogen) atoms. The molecule has 1 aromatic carbocycles. The molecular weight excluding hydrogens is 249 g/mol. The number of aromatic nitrogens is 3. The van der Waals surface area contributed by atoms with Crippen molar-refractivity contribution in [3.8, 4) is 22.8 Å². The third-order valence-corrected chi connectivity index (χ3v) is 2.96. The van der Waals surface area contributed by atoms with Gasteiger partial charge in [-0.25, -0.2) is 9.50 Å². The average Bonchev–Trinajstić information content (AvgIpc) is 3.02. The van der Waals surface area contributed by atoms with Crippen LogP contribution in [0.25, 0.3) is 16.9 Å². The van der Waals surface area contributed by atoms with Gasteiger partial charge in [0.25, 0.3) is 0 Å². The minimum absolute atomic E-state index is 0.233. The molecular formula is C13H8FN3O2. The van der Waals surface area contributed by atoms with E-state index in [0.717, 1.165) is 11.3 Å². The van der Waals surface area contributed by atoms with Gasteiger partial charge < -0.3 is 9.47 Å². The normalized spacial score (nSPS) is 13.1. The molecule has 3 aromatic rings. The summed E-state index contributed by atoms with van der Waals surface area (Å²) in [5.74, 6) is 0.868. The molecule has 6 heteroatoms. The standard InChI is InChI=1S/C13H8FN3O2/c14-12-3-4-13-15-9(6-17(13)16-12)8-1-2-10-11(5-8)19-7-18-10/h1-6H,7H2. The van der Waals surface area contributed by atoms with Crippen LogP contribution < -0.4 is 9.47 Å². The van der Waals surface area contributed by atoms with E-state index in [1.807, 2.05) is 18.2 Å². The smallest absolute Gasteiger partial charge is 0.231 e. The zero-order chi connectivity index (χ0) is 12.8. The molecule has 0 amide bonds. The fourth-order valence-electron chi connectivity index (χ4n) is 2.05. The first-order valence-corrected chi connectivity index (χ1v) is 5.71. The molecule has 0 radical (unpaired) electrons. The quantitative estimate of drug-likeness (QED) is 0.671. The van der Waals surface area contributed by atoms with E-state index in [-0.39, 0.29) is 6.79 Å². The van der Waals surface area contributed by atoms with Gasteiger partial charge in [-0.2, -0.15) is 4.39 Å². The molecule has 0 aliphatic carbocycles. The molecule has 0 N–H and O–H groups in total. The van der Waals surface area contributed by atoms with Gasteiger partial charge in [0.2, 0.25) is 12.7 Å². The molecule has 2 aromatic heterocycles. The third-order valence-electron chi connectivity index (χ3n) is 2.96. The summed E-state index contributed by atoms with van der Waals surface area (Å²) in [6.45, 7) is 0.233. The monoisotopic (exact) mass is 257 g/mol. The number of hydrogen-bond donors (Lipinski definition) is 0. The Morgan fingerprint density at radius 1 is 1.11 bits per heavy atom. The van der Waals surface area contributed by atoms with Crippen molar-refractivity contribution in [3.63, 3.8) is 0 Å². The Morgan fingerprint density at radius 3 is 2.95 bits per heavy atom. The number of imidazole rings is 1. The maximum atomic E-state index is 13.0. The molecule has 3 heterocycles. The Kier molecular flexibility index (Phi) is 2.00. The van der Waals surface area contributed by atoms with Crippen LogP contribution in [-0.2, 0) is 0 Å². The topological polar surface area (TPSA) is 48.7 Å². The van der Waals surface area contributed by atoms with E-state index >= 15 is 0 Å². The Balaban J connectivity index is 1.85. The van der Waals surface area contributed by atoms with Gasteiger partial charge in [-0.05, 0) is 30.3 Å². The molecule has 0 atom stereocenters. The molecule has 0 bridgehead atoms. The predicted octanol–water partition coefficient (Wildman–Crippen LogP) is 2.26. The highest BCUT2D eigenvalue weighted by atomic mass is 19.1. The first-order valence-electron chi connectivity index (χ1n) is 5.71. The van der Waals surface area contributed by atoms with Crippen LogP contribution in [0.2, 0.25) is 0 Å². The molecule has 94 valence electrons. The van der Waals surface area contributed by atoms with Crippen LogP contribution in [0.4, 0.5) is 4.39 Å². The van der Waals surface area contributed by atoms with E-state index in [1.165, 1.54) is 10.6 Å². The number of hydrogen-bond acceptors (Lipinski definition) is 4. The summed E-state index contributed by atoms with van der Waals surface area (Å²) in [5, 5.41) is 3.73. The lowest BCUT2D eigenvalue weighted by atomic mass is 10.1. The lowest BCUT2D eigenvalue weighted by Crippen LogP contribution is -1.92. The van der Waals surface area contributed by atoms with Gasteiger partial charge in [-0.3, -0.25) is 0 Å². The van der Waals surface area contributed by atoms with E-state index in [0.29, 0.717) is 17.1 Å². The molecule has 1 aliphatic rings. The maximum absolute atomic E-state index is 13.0. The number of nitrogens with zero attached hydrogens (tertiary/aromatic N) is 3. The van der Waals surface area contributed by atoms with Crippen molar-refractivity contribution in [2.45, 2.75) is 0 Å². The minimum Gasteiger partial charge on any atom is -0.454 e. The van der Waals surface area contributed by atoms with Crippen molar-refractivity contribution in [1.82, 2.24) is 14.6 Å². The van der Waals surface area contributed by atoms with E-state index in [4.69, 9.17) is 9.47 Å². The highest BCUT2D eigenvalue weighted by Gasteiger charge is 2.15. The maximum Gasteiger partial charge on any atom is 0.231 e. The summed E-state index contributed by atoms with van der Waals surface area (Å²) in [7, 11) is 0. The van der Waals surface area contributed by atoms with Gasteiger partial charge >= 0.3 is 0 Å². The van der Waals surface area contributed by atoms with E-state index in [1.54, 1.807) is 12.3 Å². The number of benzene rings is 1. The highest BCUT2D eigenvalue weighted by molar-refractivity contribution is 5.66. The SMILES string of the molecule is Fc1ccc2nc(-c3ccc4c(c3)OCO4)cn2n1. The predicted molar refractivity (Wildman–Crippen MR) is 64.5 cm³/mol. The fraction of sp³-hybridized carbons (Fsp3) is 0.0769. The summed E-state index contributed by atoms with van der Waals surface area (Å²) in [5.41, 5.74) is 2.17. The number of ether oxygens (including phenoxy) is 2. The van der Waals surface area contributed by atoms with Crippen LogP contribution >= 0.6 is 0 Å². The van der Waals surface area contributed by atoms with Gasteiger partial charge in [0.15, 0.2) is 17.1 Å². The first kappa shape index (κ1) is 10.3. The molecule has 5 nitrogen and oxygen atoms in total. The summed E-state index contributed by atoms with van der Waals surface area (Å²) in [6, 6.07) is 8.42. The Hall–Kier alpha value is -2.63. The Labute approximate surface area is 107 Å². The molecule has 4 rings (SSSR count). The van der Waals surface area contributed by atoms with Crippen LogP contribution in [0.15, 0.2) is 36.5 Å². The second-order valence-corrected chi connectivity index (χ2v) is 4.15. The molecule has 0 saturated heterocycles. The molecule has 0 unspecified atom stereocenters. The lowest BCUT2D eigenvalue weighted by Gasteiger charge is -1.98. The van der Waals surface area contributed by atoms with Crippen molar-refractivity contribution in [2.24, 2.45) is 0 Å². The van der Waals surface area contributed by atoms with Crippen molar-refractivity contribution >= 4 is 5.65 Å². The van der Waals surface area contributed by atoms with Crippen LogP contribution in [0.1, 0.15) is 0 Å². The van der Waals surface area contributed by atoms with Crippen molar-refractivity contribution in [1.29, 1.82) is 0 Å². The third kappa shape index (κ3) is 1.61. The average molecular weight is 257 g/mol. The van der Waals surface area contributed by atoms with Crippen LogP contribution in [0.3, 0.4) is 0 Å². The van der Waals surface area contributed by atoms with Crippen LogP contribution in [-0.4, -0.2) is 21.4 Å². The fourth-order valence-corrected chi connectivity index (χ4v) is 2.05. The first-order chi connectivity index (χ1) is 9.29. The van der Waals surface area contributed by atoms with Crippen molar-refractivity contribution < 1.29 is 13.9 Å². The summed E-state index contributed by atoms with van der Waals surface area (Å²) < 4.78 is 25.0. The van der Waals surface area contributed by atoms with E-state index in [2.05, 4.69) is 10.1 Å². The van der Waals surface area contributed by atoms with Gasteiger partial charge in [-0.15, -0.1) is 5.10 Å². The highest BCUT2D eigenvalue weighted by Crippen LogP contribution is 2.35. The number of rotatable bonds is 1. The lowest BCUT2D eigenvalue weighted by molar-refractivity contribution is 0.174. The summed E-state index contributed by atoms with van der Waals surface area (Å²) in [6.07, 6.45) is 1.68. The van der Waals surface area contributed by atoms with Crippen molar-refractivity contribution in [2.75, 3.05) is 6.79 Å². The zero-order valence-electron chi connectivity index (χ0n) is 9.71. The van der Waals surface area contributed by atoms with Crippen LogP contribution in [0, 0.1) is 5.95 Å². The number of fused-ring (bicyclic) bond motifs is 2. The second-order valence-electron chi connectivity index (χ2n) is 4.15. The molecule has 0 fully saturated rings. The Bertz CT molecular complexity index is 785. The van der Waals surface area contributed by atoms with Gasteiger partial charge in [0, 0.05) is 5.56 Å². The minimum atomic E-state index is -0.540. The van der Waals surface area contributed by atoms with Gasteiger partial charge in [-0.1, -0.05) is 0 Å². The summed E-state index contributed by atoms with van der Waals surface area (Å²) >= 11 is 0. The van der Waals surface area contributed by atoms with Crippen molar-refractivity contribution in [3.05, 3.63) is 42.5 Å². The molecule has 0 saturated carbocycles. The van der Waals surface area contributed by atoms with Gasteiger partial charge in [0.1, 0.15) is 0 Å².